The second kappa shape index (κ2) is 8.49. The summed E-state index contributed by atoms with van der Waals surface area (Å²) in [5.41, 5.74) is 2.51. The molecule has 0 bridgehead atoms. The fraction of sp³-hybridized carbons (Fsp3) is 0.222. The Morgan fingerprint density at radius 2 is 1.79 bits per heavy atom. The normalized spacial score (nSPS) is 10.1. The minimum Gasteiger partial charge on any atom is -0.482 e. The molecule has 0 aliphatic carbocycles. The molecule has 1 amide bonds. The molecule has 126 valence electrons. The number of ether oxygens (including phenoxy) is 2. The van der Waals surface area contributed by atoms with E-state index in [2.05, 4.69) is 21.2 Å². The summed E-state index contributed by atoms with van der Waals surface area (Å²) in [6, 6.07) is 12.8. The Labute approximate surface area is 149 Å². The van der Waals surface area contributed by atoms with Crippen LogP contribution in [0.4, 0.5) is 5.69 Å². The van der Waals surface area contributed by atoms with E-state index in [0.717, 1.165) is 15.6 Å². The second-order valence-corrected chi connectivity index (χ2v) is 6.14. The van der Waals surface area contributed by atoms with E-state index < -0.39 is 11.9 Å². The molecule has 0 radical (unpaired) electrons. The molecular weight excluding hydrogens is 374 g/mol. The van der Waals surface area contributed by atoms with Crippen molar-refractivity contribution in [3.63, 3.8) is 0 Å². The van der Waals surface area contributed by atoms with Crippen molar-refractivity contribution >= 4 is 33.5 Å². The van der Waals surface area contributed by atoms with Crippen LogP contribution < -0.4 is 10.1 Å². The Morgan fingerprint density at radius 3 is 2.50 bits per heavy atom. The third-order valence-electron chi connectivity index (χ3n) is 3.27. The quantitative estimate of drug-likeness (QED) is 0.763. The second-order valence-electron chi connectivity index (χ2n) is 5.22. The molecule has 0 unspecified atom stereocenters. The zero-order valence-corrected chi connectivity index (χ0v) is 15.1. The van der Waals surface area contributed by atoms with Gasteiger partial charge in [0.15, 0.2) is 13.2 Å². The van der Waals surface area contributed by atoms with E-state index >= 15 is 0 Å². The lowest BCUT2D eigenvalue weighted by Crippen LogP contribution is -2.24. The van der Waals surface area contributed by atoms with Gasteiger partial charge < -0.3 is 14.8 Å². The highest BCUT2D eigenvalue weighted by Gasteiger charge is 2.10. The van der Waals surface area contributed by atoms with E-state index in [1.54, 1.807) is 12.1 Å². The number of para-hydroxylation sites is 1. The van der Waals surface area contributed by atoms with E-state index in [1.807, 2.05) is 44.2 Å². The molecule has 0 aliphatic heterocycles. The van der Waals surface area contributed by atoms with Crippen LogP contribution in [0.25, 0.3) is 0 Å². The molecule has 0 spiro atoms. The van der Waals surface area contributed by atoms with E-state index in [4.69, 9.17) is 9.47 Å². The maximum Gasteiger partial charge on any atom is 0.344 e. The van der Waals surface area contributed by atoms with Crippen LogP contribution in [0, 0.1) is 13.8 Å². The fourth-order valence-electron chi connectivity index (χ4n) is 2.00. The highest BCUT2D eigenvalue weighted by molar-refractivity contribution is 9.10. The van der Waals surface area contributed by atoms with Gasteiger partial charge >= 0.3 is 5.97 Å². The first kappa shape index (κ1) is 18.0. The van der Waals surface area contributed by atoms with Gasteiger partial charge in [-0.1, -0.05) is 34.1 Å². The van der Waals surface area contributed by atoms with Crippen molar-refractivity contribution in [1.29, 1.82) is 0 Å². The molecule has 0 saturated carbocycles. The van der Waals surface area contributed by atoms with Crippen LogP contribution in [-0.2, 0) is 14.3 Å². The summed E-state index contributed by atoms with van der Waals surface area (Å²) in [5.74, 6) is -0.380. The van der Waals surface area contributed by atoms with Gasteiger partial charge in [0.25, 0.3) is 5.91 Å². The van der Waals surface area contributed by atoms with Gasteiger partial charge in [-0.2, -0.15) is 0 Å². The molecule has 6 heteroatoms. The van der Waals surface area contributed by atoms with Crippen LogP contribution in [-0.4, -0.2) is 25.1 Å². The Balaban J connectivity index is 1.77. The molecule has 0 fully saturated rings. The summed E-state index contributed by atoms with van der Waals surface area (Å²) in [6.45, 7) is 3.16. The number of esters is 1. The minimum absolute atomic E-state index is 0.241. The van der Waals surface area contributed by atoms with E-state index in [9.17, 15) is 9.59 Å². The third-order valence-corrected chi connectivity index (χ3v) is 3.76. The number of aryl methyl sites for hydroxylation is 2. The Bertz CT molecular complexity index is 746. The van der Waals surface area contributed by atoms with Gasteiger partial charge in [-0.3, -0.25) is 4.79 Å². The van der Waals surface area contributed by atoms with Crippen molar-refractivity contribution in [1.82, 2.24) is 0 Å². The predicted molar refractivity (Wildman–Crippen MR) is 95.1 cm³/mol. The number of carbonyl (C=O) groups is 2. The van der Waals surface area contributed by atoms with Crippen LogP contribution in [0.5, 0.6) is 5.75 Å². The standard InChI is InChI=1S/C18H18BrNO4/c1-12-5-3-4-6-16(12)23-11-18(22)24-10-17(21)20-15-8-7-14(19)9-13(15)2/h3-9H,10-11H2,1-2H3,(H,20,21). The van der Waals surface area contributed by atoms with Gasteiger partial charge in [-0.15, -0.1) is 0 Å². The van der Waals surface area contributed by atoms with E-state index in [1.165, 1.54) is 0 Å². The van der Waals surface area contributed by atoms with Crippen molar-refractivity contribution in [2.75, 3.05) is 18.5 Å². The Kier molecular flexibility index (Phi) is 6.37. The number of halogens is 1. The maximum absolute atomic E-state index is 11.8. The van der Waals surface area contributed by atoms with Gasteiger partial charge in [0.1, 0.15) is 5.75 Å². The number of carbonyl (C=O) groups excluding carboxylic acids is 2. The fourth-order valence-corrected chi connectivity index (χ4v) is 2.47. The van der Waals surface area contributed by atoms with Crippen molar-refractivity contribution in [2.24, 2.45) is 0 Å². The van der Waals surface area contributed by atoms with Gasteiger partial charge in [0, 0.05) is 10.2 Å². The van der Waals surface area contributed by atoms with Crippen molar-refractivity contribution in [2.45, 2.75) is 13.8 Å². The number of rotatable bonds is 6. The smallest absolute Gasteiger partial charge is 0.344 e. The van der Waals surface area contributed by atoms with Gasteiger partial charge in [-0.25, -0.2) is 4.79 Å². The molecule has 0 aromatic heterocycles. The molecule has 2 aromatic carbocycles. The minimum atomic E-state index is -0.596. The van der Waals surface area contributed by atoms with Crippen LogP contribution >= 0.6 is 15.9 Å². The molecule has 0 heterocycles. The number of benzene rings is 2. The summed E-state index contributed by atoms with van der Waals surface area (Å²) in [4.78, 5) is 23.5. The summed E-state index contributed by atoms with van der Waals surface area (Å²) in [6.07, 6.45) is 0. The SMILES string of the molecule is Cc1cc(Br)ccc1NC(=O)COC(=O)COc1ccccc1C. The highest BCUT2D eigenvalue weighted by atomic mass is 79.9. The number of nitrogens with one attached hydrogen (secondary N) is 1. The zero-order chi connectivity index (χ0) is 17.5. The maximum atomic E-state index is 11.8. The Hall–Kier alpha value is -2.34. The first-order valence-electron chi connectivity index (χ1n) is 7.36. The molecular formula is C18H18BrNO4. The number of amides is 1. The molecule has 2 rings (SSSR count). The lowest BCUT2D eigenvalue weighted by molar-refractivity contribution is -0.149. The number of hydrogen-bond donors (Lipinski definition) is 1. The molecule has 0 saturated heterocycles. The predicted octanol–water partition coefficient (Wildman–Crippen LogP) is 3.63. The largest absolute Gasteiger partial charge is 0.482 e. The lowest BCUT2D eigenvalue weighted by Gasteiger charge is -2.10. The van der Waals surface area contributed by atoms with E-state index in [-0.39, 0.29) is 13.2 Å². The molecule has 1 N–H and O–H groups in total. The van der Waals surface area contributed by atoms with Gasteiger partial charge in [0.05, 0.1) is 0 Å². The van der Waals surface area contributed by atoms with Crippen molar-refractivity contribution in [3.8, 4) is 5.75 Å². The molecule has 0 aliphatic rings. The molecule has 2 aromatic rings. The Morgan fingerprint density at radius 1 is 1.04 bits per heavy atom. The van der Waals surface area contributed by atoms with Crippen LogP contribution in [0.1, 0.15) is 11.1 Å². The summed E-state index contributed by atoms with van der Waals surface area (Å²) in [7, 11) is 0. The van der Waals surface area contributed by atoms with Gasteiger partial charge in [0.2, 0.25) is 0 Å². The molecule has 5 nitrogen and oxygen atoms in total. The van der Waals surface area contributed by atoms with Crippen LogP contribution in [0.2, 0.25) is 0 Å². The van der Waals surface area contributed by atoms with E-state index in [0.29, 0.717) is 11.4 Å². The highest BCUT2D eigenvalue weighted by Crippen LogP contribution is 2.20. The average Bonchev–Trinajstić information content (AvgIpc) is 2.55. The molecule has 0 atom stereocenters. The van der Waals surface area contributed by atoms with Crippen molar-refractivity contribution in [3.05, 3.63) is 58.1 Å². The average molecular weight is 392 g/mol. The number of hydrogen-bond acceptors (Lipinski definition) is 4. The first-order chi connectivity index (χ1) is 11.5. The number of anilines is 1. The first-order valence-corrected chi connectivity index (χ1v) is 8.15. The van der Waals surface area contributed by atoms with Gasteiger partial charge in [-0.05, 0) is 49.2 Å². The summed E-state index contributed by atoms with van der Waals surface area (Å²) >= 11 is 3.36. The lowest BCUT2D eigenvalue weighted by atomic mass is 10.2. The molecule has 24 heavy (non-hydrogen) atoms. The monoisotopic (exact) mass is 391 g/mol. The third kappa shape index (κ3) is 5.38. The summed E-state index contributed by atoms with van der Waals surface area (Å²) in [5, 5.41) is 2.70. The summed E-state index contributed by atoms with van der Waals surface area (Å²) < 4.78 is 11.2. The van der Waals surface area contributed by atoms with Crippen molar-refractivity contribution < 1.29 is 19.1 Å². The van der Waals surface area contributed by atoms with Crippen LogP contribution in [0.3, 0.4) is 0 Å². The zero-order valence-electron chi connectivity index (χ0n) is 13.5. The van der Waals surface area contributed by atoms with Crippen LogP contribution in [0.15, 0.2) is 46.9 Å². The topological polar surface area (TPSA) is 64.6 Å².